The number of phenolic OH excluding ortho intramolecular Hbond substituents is 1. The van der Waals surface area contributed by atoms with Gasteiger partial charge in [-0.25, -0.2) is 4.98 Å². The van der Waals surface area contributed by atoms with Crippen molar-refractivity contribution in [1.29, 1.82) is 0 Å². The number of carbonyl (C=O) groups excluding carboxylic acids is 7. The summed E-state index contributed by atoms with van der Waals surface area (Å²) in [7, 11) is 2.25. The second-order valence-corrected chi connectivity index (χ2v) is 28.3. The van der Waals surface area contributed by atoms with E-state index in [-0.39, 0.29) is 136 Å². The number of amides is 7. The molecule has 0 bridgehead atoms. The minimum Gasteiger partial charge on any atom is -0.506 e. The molecule has 544 valence electrons. The molecule has 100 heavy (non-hydrogen) atoms. The number of rotatable bonds is 24. The van der Waals surface area contributed by atoms with Crippen LogP contribution in [0, 0.1) is 5.92 Å². The summed E-state index contributed by atoms with van der Waals surface area (Å²) in [6, 6.07) is 1.04. The summed E-state index contributed by atoms with van der Waals surface area (Å²) < 4.78 is 0. The normalized spacial score (nSPS) is 22.7. The molecule has 4 heterocycles. The highest BCUT2D eigenvalue weighted by molar-refractivity contribution is 8.76. The number of aromatic hydroxyl groups is 1. The van der Waals surface area contributed by atoms with Crippen LogP contribution < -0.4 is 48.1 Å². The maximum Gasteiger partial charge on any atom is 0.317 e. The van der Waals surface area contributed by atoms with Gasteiger partial charge in [-0.3, -0.25) is 81.9 Å². The number of carboxylic acid groups (broad SMARTS) is 4. The van der Waals surface area contributed by atoms with Crippen LogP contribution in [0.15, 0.2) is 70.6 Å². The number of hydrogen-bond acceptors (Lipinski definition) is 23. The van der Waals surface area contributed by atoms with Crippen LogP contribution in [-0.2, 0) is 78.5 Å². The molecule has 3 aliphatic heterocycles. The SMILES string of the molecule is CC(C)C[C@@H]1NC(=O)[C@H](CC(=O)O)NC(=O)[C@H](Cc2ccc(O)c(Cl)c2)NC(=O)[C@@H]2CC(O)CN2C(=O)[C@@H](NC(=O)[C@H](Cc2cnc[nH]2)NC(=O)[C@H](Cc2ccccc2)Nc2c(CN3CCN(CC(=O)O)CCN(CC(=O)O)CCN(CC(=O)O)CC3)c(=O)c2=O)CSSC[C@@H](C)NC1=O. The van der Waals surface area contributed by atoms with Gasteiger partial charge in [0.1, 0.15) is 48.0 Å². The number of phenols is 1. The van der Waals surface area contributed by atoms with Gasteiger partial charge in [-0.15, -0.1) is 0 Å². The predicted molar refractivity (Wildman–Crippen MR) is 366 cm³/mol. The van der Waals surface area contributed by atoms with Gasteiger partial charge in [0.2, 0.25) is 52.2 Å². The molecule has 1 aromatic heterocycles. The summed E-state index contributed by atoms with van der Waals surface area (Å²) in [5.74, 6) is -12.0. The van der Waals surface area contributed by atoms with Crippen LogP contribution >= 0.6 is 33.2 Å². The number of fused-ring (bicyclic) bond motifs is 1. The molecule has 4 aromatic rings. The van der Waals surface area contributed by atoms with Crippen molar-refractivity contribution in [2.75, 3.05) is 95.4 Å². The smallest absolute Gasteiger partial charge is 0.317 e. The summed E-state index contributed by atoms with van der Waals surface area (Å²) in [6.07, 6.45) is -0.728. The first-order valence-electron chi connectivity index (χ1n) is 32.4. The molecule has 33 nitrogen and oxygen atoms in total. The van der Waals surface area contributed by atoms with Gasteiger partial charge in [-0.05, 0) is 42.5 Å². The third kappa shape index (κ3) is 24.0. The van der Waals surface area contributed by atoms with Crippen molar-refractivity contribution >= 4 is 104 Å². The van der Waals surface area contributed by atoms with Gasteiger partial charge in [0.15, 0.2) is 0 Å². The first kappa shape index (κ1) is 78.6. The molecule has 3 aromatic carbocycles. The molecule has 3 aliphatic rings. The Labute approximate surface area is 587 Å². The Hall–Kier alpha value is -8.71. The Morgan fingerprint density at radius 2 is 1.23 bits per heavy atom. The topological polar surface area (TPSA) is 472 Å². The fourth-order valence-corrected chi connectivity index (χ4v) is 14.4. The maximum atomic E-state index is 15.2. The highest BCUT2D eigenvalue weighted by Crippen LogP contribution is 2.28. The number of hydrogen-bond donors (Lipinski definition) is 14. The average molecular weight is 1450 g/mol. The first-order valence-corrected chi connectivity index (χ1v) is 35.3. The fraction of sp³-hybridized carbons (Fsp3) is 0.531. The number of halogens is 1. The summed E-state index contributed by atoms with van der Waals surface area (Å²) in [5.41, 5.74) is -0.999. The molecular weight excluding hydrogens is 1370 g/mol. The lowest BCUT2D eigenvalue weighted by atomic mass is 10.0. The van der Waals surface area contributed by atoms with E-state index in [0.29, 0.717) is 11.3 Å². The number of anilines is 1. The Morgan fingerprint density at radius 3 is 1.80 bits per heavy atom. The Kier molecular flexibility index (Phi) is 29.6. The Balaban J connectivity index is 1.19. The second kappa shape index (κ2) is 37.6. The van der Waals surface area contributed by atoms with Crippen LogP contribution in [-0.4, -0.2) is 275 Å². The molecule has 14 N–H and O–H groups in total. The zero-order valence-corrected chi connectivity index (χ0v) is 57.7. The van der Waals surface area contributed by atoms with Gasteiger partial charge in [0.25, 0.3) is 0 Å². The molecule has 9 atom stereocenters. The van der Waals surface area contributed by atoms with Gasteiger partial charge in [-0.2, -0.15) is 0 Å². The minimum absolute atomic E-state index is 0.0483. The standard InChI is InChI=1S/C64H85ClN14O19S2/c1-35(2)19-43-58(92)68-36(3)32-99-100-33-48(64(98)79-27-40(80)24-49(79)63(97)73-45(22-38-9-10-50(81)42(65)20-38)60(94)72-47(25-51(82)83)62(96)70-43)74-61(95)46(23-39-26-66-34-67-39)71-59(93)44(21-37-7-5-4-6-8-37)69-55-41(56(90)57(55)91)28-75-11-13-76(29-52(84)85)15-17-78(31-54(88)89)18-16-77(14-12-75)30-53(86)87/h4-10,20,26,34-36,40,43-49,69,80-81H,11-19,21-25,27-33H2,1-3H3,(H,66,67)(H,68,92)(H,70,96)(H,71,93)(H,72,94)(H,73,97)(H,74,95)(H,82,83)(H,84,85)(H,86,87)(H,88,89)/t36-,40?,43+,44+,45+,46+,47+,48+,49+/m1/s1. The first-order chi connectivity index (χ1) is 47.5. The molecule has 0 saturated carbocycles. The van der Waals surface area contributed by atoms with Gasteiger partial charge in [-0.1, -0.05) is 83.4 Å². The van der Waals surface area contributed by atoms with Crippen molar-refractivity contribution in [3.63, 3.8) is 0 Å². The van der Waals surface area contributed by atoms with Crippen LogP contribution in [0.25, 0.3) is 0 Å². The molecule has 3 saturated heterocycles. The monoisotopic (exact) mass is 1450 g/mol. The number of H-pyrrole nitrogens is 1. The van der Waals surface area contributed by atoms with Crippen LogP contribution in [0.4, 0.5) is 5.69 Å². The van der Waals surface area contributed by atoms with Crippen LogP contribution in [0.2, 0.25) is 5.02 Å². The van der Waals surface area contributed by atoms with E-state index in [9.17, 15) is 78.6 Å². The largest absolute Gasteiger partial charge is 0.506 e. The number of carbonyl (C=O) groups is 11. The third-order valence-corrected chi connectivity index (χ3v) is 19.8. The summed E-state index contributed by atoms with van der Waals surface area (Å²) >= 11 is 6.24. The predicted octanol–water partition coefficient (Wildman–Crippen LogP) is -2.35. The minimum atomic E-state index is -1.80. The number of nitrogens with one attached hydrogen (secondary N) is 8. The summed E-state index contributed by atoms with van der Waals surface area (Å²) in [5, 5.41) is 79.4. The Bertz CT molecular complexity index is 3590. The number of nitrogens with zero attached hydrogens (tertiary/aromatic N) is 6. The second-order valence-electron chi connectivity index (χ2n) is 25.4. The summed E-state index contributed by atoms with van der Waals surface area (Å²) in [4.78, 5) is 193. The molecule has 0 spiro atoms. The lowest BCUT2D eigenvalue weighted by Gasteiger charge is -2.33. The van der Waals surface area contributed by atoms with Crippen molar-refractivity contribution < 1.29 is 83.4 Å². The number of aromatic nitrogens is 2. The van der Waals surface area contributed by atoms with E-state index in [1.807, 2.05) is 0 Å². The van der Waals surface area contributed by atoms with E-state index in [1.165, 1.54) is 41.5 Å². The van der Waals surface area contributed by atoms with Crippen molar-refractivity contribution in [2.45, 2.75) is 120 Å². The van der Waals surface area contributed by atoms with Crippen LogP contribution in [0.1, 0.15) is 62.4 Å². The van der Waals surface area contributed by atoms with Crippen molar-refractivity contribution in [3.8, 4) is 5.75 Å². The fourth-order valence-electron chi connectivity index (χ4n) is 11.7. The lowest BCUT2D eigenvalue weighted by molar-refractivity contribution is -0.142. The van der Waals surface area contributed by atoms with Crippen molar-refractivity contribution in [3.05, 3.63) is 109 Å². The lowest BCUT2D eigenvalue weighted by Crippen LogP contribution is -2.61. The van der Waals surface area contributed by atoms with Crippen LogP contribution in [0.3, 0.4) is 0 Å². The maximum absolute atomic E-state index is 15.2. The molecular formula is C64H85ClN14O19S2. The van der Waals surface area contributed by atoms with Crippen molar-refractivity contribution in [2.24, 2.45) is 5.92 Å². The number of carboxylic acids is 4. The molecule has 36 heteroatoms. The number of aliphatic hydroxyl groups excluding tert-OH is 1. The van der Waals surface area contributed by atoms with E-state index >= 15 is 14.4 Å². The molecule has 0 radical (unpaired) electrons. The number of benzene rings is 2. The van der Waals surface area contributed by atoms with Crippen molar-refractivity contribution in [1.82, 2.24) is 66.4 Å². The molecule has 1 unspecified atom stereocenters. The molecule has 0 aliphatic carbocycles. The Morgan fingerprint density at radius 1 is 0.660 bits per heavy atom. The quantitative estimate of drug-likeness (QED) is 0.0258. The van der Waals surface area contributed by atoms with Gasteiger partial charge < -0.3 is 77.7 Å². The van der Waals surface area contributed by atoms with E-state index in [1.54, 1.807) is 70.7 Å². The van der Waals surface area contributed by atoms with Gasteiger partial charge in [0.05, 0.1) is 49.2 Å². The zero-order chi connectivity index (χ0) is 72.9. The van der Waals surface area contributed by atoms with E-state index < -0.39 is 163 Å². The number of imidazole rings is 1. The molecule has 7 amide bonds. The number of aromatic amines is 1. The highest BCUT2D eigenvalue weighted by atomic mass is 35.5. The van der Waals surface area contributed by atoms with E-state index in [4.69, 9.17) is 11.6 Å². The zero-order valence-electron chi connectivity index (χ0n) is 55.3. The van der Waals surface area contributed by atoms with Crippen LogP contribution in [0.5, 0.6) is 5.75 Å². The summed E-state index contributed by atoms with van der Waals surface area (Å²) in [6.45, 7) is 4.16. The molecule has 3 fully saturated rings. The highest BCUT2D eigenvalue weighted by Gasteiger charge is 2.44. The van der Waals surface area contributed by atoms with Gasteiger partial charge >= 0.3 is 23.9 Å². The van der Waals surface area contributed by atoms with Gasteiger partial charge in [0, 0.05) is 126 Å². The molecule has 7 rings (SSSR count). The average Bonchev–Trinajstić information content (AvgIpc) is 0.907. The number of aliphatic hydroxyl groups is 1. The van der Waals surface area contributed by atoms with E-state index in [0.717, 1.165) is 15.7 Å². The number of aliphatic carboxylic acids is 4. The third-order valence-electron chi connectivity index (χ3n) is 16.9. The van der Waals surface area contributed by atoms with E-state index in [2.05, 4.69) is 47.2 Å².